The van der Waals surface area contributed by atoms with Crippen molar-refractivity contribution in [2.24, 2.45) is 0 Å². The number of hydrogen-bond acceptors (Lipinski definition) is 5. The SMILES string of the molecule is COc1ccc(C=O)cc1Oc1cc(C)nc(C)c1C#N. The van der Waals surface area contributed by atoms with Gasteiger partial charge in [0.1, 0.15) is 23.7 Å². The number of nitrogens with zero attached hydrogens (tertiary/aromatic N) is 2. The number of benzene rings is 1. The van der Waals surface area contributed by atoms with E-state index in [2.05, 4.69) is 11.1 Å². The normalized spacial score (nSPS) is 9.81. The summed E-state index contributed by atoms with van der Waals surface area (Å²) in [6.45, 7) is 3.57. The van der Waals surface area contributed by atoms with Crippen LogP contribution in [0.5, 0.6) is 17.2 Å². The van der Waals surface area contributed by atoms with Gasteiger partial charge in [-0.2, -0.15) is 5.26 Å². The van der Waals surface area contributed by atoms with Crippen molar-refractivity contribution >= 4 is 6.29 Å². The second-order valence-electron chi connectivity index (χ2n) is 4.46. The molecule has 1 aromatic heterocycles. The van der Waals surface area contributed by atoms with E-state index < -0.39 is 0 Å². The lowest BCUT2D eigenvalue weighted by Gasteiger charge is -2.13. The second kappa shape index (κ2) is 6.06. The Morgan fingerprint density at radius 1 is 1.19 bits per heavy atom. The minimum Gasteiger partial charge on any atom is -0.493 e. The van der Waals surface area contributed by atoms with E-state index in [-0.39, 0.29) is 0 Å². The molecule has 0 saturated heterocycles. The number of aromatic nitrogens is 1. The maximum Gasteiger partial charge on any atom is 0.170 e. The number of aryl methyl sites for hydroxylation is 2. The van der Waals surface area contributed by atoms with Crippen molar-refractivity contribution in [2.75, 3.05) is 7.11 Å². The molecule has 0 atom stereocenters. The molecule has 0 saturated carbocycles. The lowest BCUT2D eigenvalue weighted by atomic mass is 10.1. The van der Waals surface area contributed by atoms with Crippen LogP contribution in [0.25, 0.3) is 0 Å². The maximum absolute atomic E-state index is 10.9. The van der Waals surface area contributed by atoms with Crippen molar-refractivity contribution in [3.8, 4) is 23.3 Å². The van der Waals surface area contributed by atoms with Gasteiger partial charge in [0.15, 0.2) is 11.5 Å². The Morgan fingerprint density at radius 3 is 2.57 bits per heavy atom. The molecule has 0 N–H and O–H groups in total. The number of hydrogen-bond donors (Lipinski definition) is 0. The minimum absolute atomic E-state index is 0.360. The third kappa shape index (κ3) is 3.00. The summed E-state index contributed by atoms with van der Waals surface area (Å²) < 4.78 is 11.0. The van der Waals surface area contributed by atoms with E-state index in [9.17, 15) is 10.1 Å². The van der Waals surface area contributed by atoms with Crippen LogP contribution in [-0.2, 0) is 0 Å². The fraction of sp³-hybridized carbons (Fsp3) is 0.188. The van der Waals surface area contributed by atoms with Crippen molar-refractivity contribution in [3.05, 3.63) is 46.8 Å². The molecule has 5 nitrogen and oxygen atoms in total. The van der Waals surface area contributed by atoms with Crippen LogP contribution in [0, 0.1) is 25.2 Å². The predicted molar refractivity (Wildman–Crippen MR) is 76.9 cm³/mol. The molecule has 0 spiro atoms. The summed E-state index contributed by atoms with van der Waals surface area (Å²) in [7, 11) is 1.51. The van der Waals surface area contributed by atoms with Gasteiger partial charge in [0.2, 0.25) is 0 Å². The Balaban J connectivity index is 2.52. The lowest BCUT2D eigenvalue weighted by molar-refractivity contribution is 0.112. The van der Waals surface area contributed by atoms with Crippen molar-refractivity contribution in [2.45, 2.75) is 13.8 Å². The Morgan fingerprint density at radius 2 is 1.95 bits per heavy atom. The molecule has 2 rings (SSSR count). The van der Waals surface area contributed by atoms with Gasteiger partial charge < -0.3 is 9.47 Å². The highest BCUT2D eigenvalue weighted by molar-refractivity contribution is 5.76. The number of carbonyl (C=O) groups is 1. The number of methoxy groups -OCH3 is 1. The zero-order valence-corrected chi connectivity index (χ0v) is 12.0. The molecule has 0 amide bonds. The third-order valence-electron chi connectivity index (χ3n) is 2.95. The van der Waals surface area contributed by atoms with Crippen LogP contribution < -0.4 is 9.47 Å². The first-order valence-electron chi connectivity index (χ1n) is 6.28. The van der Waals surface area contributed by atoms with E-state index in [0.717, 1.165) is 12.0 Å². The van der Waals surface area contributed by atoms with Crippen LogP contribution >= 0.6 is 0 Å². The molecule has 5 heteroatoms. The van der Waals surface area contributed by atoms with Crippen molar-refractivity contribution < 1.29 is 14.3 Å². The fourth-order valence-corrected chi connectivity index (χ4v) is 1.97. The van der Waals surface area contributed by atoms with E-state index in [1.54, 1.807) is 31.2 Å². The zero-order valence-electron chi connectivity index (χ0n) is 12.0. The zero-order chi connectivity index (χ0) is 15.4. The molecular formula is C16H14N2O3. The largest absolute Gasteiger partial charge is 0.493 e. The van der Waals surface area contributed by atoms with Gasteiger partial charge in [0.25, 0.3) is 0 Å². The van der Waals surface area contributed by atoms with Gasteiger partial charge in [-0.3, -0.25) is 9.78 Å². The van der Waals surface area contributed by atoms with Gasteiger partial charge in [-0.1, -0.05) is 0 Å². The molecular weight excluding hydrogens is 268 g/mol. The average molecular weight is 282 g/mol. The Hall–Kier alpha value is -2.87. The summed E-state index contributed by atoms with van der Waals surface area (Å²) in [5.41, 5.74) is 2.16. The predicted octanol–water partition coefficient (Wildman–Crippen LogP) is 3.18. The van der Waals surface area contributed by atoms with Gasteiger partial charge in [-0.25, -0.2) is 0 Å². The smallest absolute Gasteiger partial charge is 0.170 e. The monoisotopic (exact) mass is 282 g/mol. The summed E-state index contributed by atoms with van der Waals surface area (Å²) in [6.07, 6.45) is 0.723. The minimum atomic E-state index is 0.360. The number of nitriles is 1. The number of ether oxygens (including phenoxy) is 2. The molecule has 0 radical (unpaired) electrons. The van der Waals surface area contributed by atoms with E-state index in [1.165, 1.54) is 7.11 Å². The fourth-order valence-electron chi connectivity index (χ4n) is 1.97. The van der Waals surface area contributed by atoms with Crippen molar-refractivity contribution in [1.29, 1.82) is 5.26 Å². The van der Waals surface area contributed by atoms with E-state index >= 15 is 0 Å². The number of aldehydes is 1. The summed E-state index contributed by atoms with van der Waals surface area (Å²) in [6, 6.07) is 8.60. The highest BCUT2D eigenvalue weighted by atomic mass is 16.5. The Labute approximate surface area is 122 Å². The van der Waals surface area contributed by atoms with Gasteiger partial charge >= 0.3 is 0 Å². The van der Waals surface area contributed by atoms with E-state index in [4.69, 9.17) is 9.47 Å². The topological polar surface area (TPSA) is 72.2 Å². The third-order valence-corrected chi connectivity index (χ3v) is 2.95. The van der Waals surface area contributed by atoms with Crippen LogP contribution in [-0.4, -0.2) is 18.4 Å². The average Bonchev–Trinajstić information content (AvgIpc) is 2.46. The standard InChI is InChI=1S/C16H14N2O3/c1-10-6-15(13(8-17)11(2)18-10)21-16-7-12(9-19)4-5-14(16)20-3/h4-7,9H,1-3H3. The number of rotatable bonds is 4. The highest BCUT2D eigenvalue weighted by Crippen LogP contribution is 2.34. The molecule has 106 valence electrons. The molecule has 0 fully saturated rings. The number of pyridine rings is 1. The van der Waals surface area contributed by atoms with Gasteiger partial charge in [-0.15, -0.1) is 0 Å². The Kier molecular flexibility index (Phi) is 4.19. The van der Waals surface area contributed by atoms with Crippen LogP contribution in [0.1, 0.15) is 27.3 Å². The summed E-state index contributed by atoms with van der Waals surface area (Å²) in [4.78, 5) is 15.1. The van der Waals surface area contributed by atoms with E-state index in [0.29, 0.717) is 34.1 Å². The quantitative estimate of drug-likeness (QED) is 0.805. The first-order chi connectivity index (χ1) is 10.1. The van der Waals surface area contributed by atoms with Crippen LogP contribution in [0.15, 0.2) is 24.3 Å². The van der Waals surface area contributed by atoms with Crippen LogP contribution in [0.3, 0.4) is 0 Å². The summed E-state index contributed by atoms with van der Waals surface area (Å²) >= 11 is 0. The molecule has 1 heterocycles. The molecule has 0 aliphatic carbocycles. The van der Waals surface area contributed by atoms with Gasteiger partial charge in [-0.05, 0) is 32.0 Å². The highest BCUT2D eigenvalue weighted by Gasteiger charge is 2.13. The first kappa shape index (κ1) is 14.5. The molecule has 0 aliphatic rings. The van der Waals surface area contributed by atoms with Crippen molar-refractivity contribution in [1.82, 2.24) is 4.98 Å². The summed E-state index contributed by atoms with van der Waals surface area (Å²) in [5, 5.41) is 9.24. The lowest BCUT2D eigenvalue weighted by Crippen LogP contribution is -1.98. The maximum atomic E-state index is 10.9. The number of carbonyl (C=O) groups excluding carboxylic acids is 1. The molecule has 21 heavy (non-hydrogen) atoms. The van der Waals surface area contributed by atoms with Crippen LogP contribution in [0.2, 0.25) is 0 Å². The molecule has 1 aromatic carbocycles. The van der Waals surface area contributed by atoms with E-state index in [1.807, 2.05) is 6.92 Å². The summed E-state index contributed by atoms with van der Waals surface area (Å²) in [5.74, 6) is 1.25. The molecule has 0 aliphatic heterocycles. The van der Waals surface area contributed by atoms with Gasteiger partial charge in [0.05, 0.1) is 12.8 Å². The Bertz CT molecular complexity index is 733. The second-order valence-corrected chi connectivity index (χ2v) is 4.46. The van der Waals surface area contributed by atoms with Gasteiger partial charge in [0, 0.05) is 17.3 Å². The molecule has 2 aromatic rings. The molecule has 0 unspecified atom stereocenters. The van der Waals surface area contributed by atoms with Crippen LogP contribution in [0.4, 0.5) is 0 Å². The molecule has 0 bridgehead atoms. The van der Waals surface area contributed by atoms with Crippen molar-refractivity contribution in [3.63, 3.8) is 0 Å². The first-order valence-corrected chi connectivity index (χ1v) is 6.28.